The van der Waals surface area contributed by atoms with Crippen LogP contribution in [-0.4, -0.2) is 47.1 Å². The molecule has 6 heteroatoms. The predicted octanol–water partition coefficient (Wildman–Crippen LogP) is 3.95. The molecule has 0 spiro atoms. The third-order valence-electron chi connectivity index (χ3n) is 5.02. The first-order valence-electron chi connectivity index (χ1n) is 8.86. The maximum atomic E-state index is 13.1. The summed E-state index contributed by atoms with van der Waals surface area (Å²) in [6.45, 7) is 8.15. The zero-order valence-electron chi connectivity index (χ0n) is 15.0. The summed E-state index contributed by atoms with van der Waals surface area (Å²) < 4.78 is 0. The van der Waals surface area contributed by atoms with E-state index in [2.05, 4.69) is 34.3 Å². The van der Waals surface area contributed by atoms with Crippen molar-refractivity contribution in [2.24, 2.45) is 0 Å². The van der Waals surface area contributed by atoms with E-state index in [-0.39, 0.29) is 18.2 Å². The Morgan fingerprint density at radius 2 is 1.81 bits per heavy atom. The number of nitrogens with one attached hydrogen (secondary N) is 2. The van der Waals surface area contributed by atoms with E-state index in [1.54, 1.807) is 0 Å². The Morgan fingerprint density at radius 3 is 2.54 bits per heavy atom. The van der Waals surface area contributed by atoms with E-state index in [9.17, 15) is 4.79 Å². The molecule has 0 amide bonds. The number of hydrogen-bond donors (Lipinski definition) is 2. The quantitative estimate of drug-likeness (QED) is 0.539. The van der Waals surface area contributed by atoms with Crippen molar-refractivity contribution in [3.05, 3.63) is 47.5 Å². The molecule has 2 aromatic carbocycles. The summed E-state index contributed by atoms with van der Waals surface area (Å²) in [6, 6.07) is 11.7. The lowest BCUT2D eigenvalue weighted by atomic mass is 9.86. The molecule has 0 aliphatic heterocycles. The van der Waals surface area contributed by atoms with Gasteiger partial charge in [-0.25, -0.2) is 0 Å². The topological polar surface area (TPSA) is 61.0 Å². The van der Waals surface area contributed by atoms with Gasteiger partial charge in [0.25, 0.3) is 0 Å². The van der Waals surface area contributed by atoms with Crippen molar-refractivity contribution in [3.63, 3.8) is 0 Å². The van der Waals surface area contributed by atoms with Gasteiger partial charge in [-0.05, 0) is 25.2 Å². The first kappa shape index (κ1) is 18.4. The Hall–Kier alpha value is -2.37. The number of nitrogens with zero attached hydrogens (tertiary/aromatic N) is 2. The van der Waals surface area contributed by atoms with Crippen molar-refractivity contribution < 1.29 is 4.79 Å². The van der Waals surface area contributed by atoms with E-state index in [0.29, 0.717) is 0 Å². The van der Waals surface area contributed by atoms with Crippen LogP contribution in [0.3, 0.4) is 0 Å². The summed E-state index contributed by atoms with van der Waals surface area (Å²) in [5.74, 6) is 0.0699. The van der Waals surface area contributed by atoms with E-state index in [4.69, 9.17) is 0 Å². The fourth-order valence-electron chi connectivity index (χ4n) is 3.60. The number of hydrogen-bond acceptors (Lipinski definition) is 4. The number of halogens is 1. The van der Waals surface area contributed by atoms with E-state index in [1.165, 1.54) is 0 Å². The number of anilines is 1. The largest absolute Gasteiger partial charge is 0.383 e. The molecule has 5 nitrogen and oxygen atoms in total. The van der Waals surface area contributed by atoms with Crippen molar-refractivity contribution in [1.29, 1.82) is 0 Å². The number of rotatable bonds is 6. The smallest absolute Gasteiger partial charge is 0.196 e. The number of carbonyl (C=O) groups excluding carboxylic acids is 1. The van der Waals surface area contributed by atoms with Crippen LogP contribution in [0.1, 0.15) is 29.8 Å². The highest BCUT2D eigenvalue weighted by Crippen LogP contribution is 2.40. The van der Waals surface area contributed by atoms with Gasteiger partial charge in [0, 0.05) is 35.3 Å². The standard InChI is InChI=1S/C20H22N4O.ClH/c1-3-24(4-2)12-11-21-15-9-10-16-17-18(15)20(25)14-8-6-5-7-13(14)19(17)23-22-16;/h5-10,21H,3-4,11-12H2,1-2H3,(H,22,23);1H. The van der Waals surface area contributed by atoms with Crippen LogP contribution in [0, 0.1) is 0 Å². The Kier molecular flexibility index (Phi) is 5.30. The molecule has 136 valence electrons. The Balaban J connectivity index is 0.00000196. The van der Waals surface area contributed by atoms with Crippen LogP contribution in [0.25, 0.3) is 22.2 Å². The van der Waals surface area contributed by atoms with Crippen LogP contribution in [0.15, 0.2) is 36.4 Å². The molecule has 1 heterocycles. The molecule has 2 N–H and O–H groups in total. The van der Waals surface area contributed by atoms with Crippen molar-refractivity contribution in [1.82, 2.24) is 15.1 Å². The minimum absolute atomic E-state index is 0. The number of carbonyl (C=O) groups is 1. The Bertz CT molecular complexity index is 946. The minimum Gasteiger partial charge on any atom is -0.383 e. The molecule has 0 atom stereocenters. The fourth-order valence-corrected chi connectivity index (χ4v) is 3.60. The van der Waals surface area contributed by atoms with Crippen molar-refractivity contribution in [3.8, 4) is 11.3 Å². The van der Waals surface area contributed by atoms with Crippen molar-refractivity contribution in [2.75, 3.05) is 31.5 Å². The number of fused-ring (bicyclic) bond motifs is 2. The second-order valence-electron chi connectivity index (χ2n) is 6.31. The van der Waals surface area contributed by atoms with Crippen molar-refractivity contribution in [2.45, 2.75) is 13.8 Å². The van der Waals surface area contributed by atoms with E-state index >= 15 is 0 Å². The summed E-state index contributed by atoms with van der Waals surface area (Å²) >= 11 is 0. The Labute approximate surface area is 159 Å². The van der Waals surface area contributed by atoms with Crippen LogP contribution >= 0.6 is 12.4 Å². The molecule has 0 unspecified atom stereocenters. The van der Waals surface area contributed by atoms with E-state index < -0.39 is 0 Å². The molecule has 1 aliphatic rings. The summed E-state index contributed by atoms with van der Waals surface area (Å²) in [4.78, 5) is 15.5. The second kappa shape index (κ2) is 7.48. The minimum atomic E-state index is 0. The first-order chi connectivity index (χ1) is 12.2. The maximum Gasteiger partial charge on any atom is 0.196 e. The van der Waals surface area contributed by atoms with Gasteiger partial charge in [-0.3, -0.25) is 9.89 Å². The highest BCUT2D eigenvalue weighted by atomic mass is 35.5. The molecule has 1 aliphatic carbocycles. The summed E-state index contributed by atoms with van der Waals surface area (Å²) in [6.07, 6.45) is 0. The zero-order chi connectivity index (χ0) is 17.4. The number of aromatic nitrogens is 2. The summed E-state index contributed by atoms with van der Waals surface area (Å²) in [5.41, 5.74) is 5.03. The van der Waals surface area contributed by atoms with Gasteiger partial charge in [-0.15, -0.1) is 12.4 Å². The average Bonchev–Trinajstić information content (AvgIpc) is 3.08. The van der Waals surface area contributed by atoms with Crippen LogP contribution in [-0.2, 0) is 0 Å². The molecule has 3 aromatic rings. The normalized spacial score (nSPS) is 12.2. The van der Waals surface area contributed by atoms with Crippen LogP contribution < -0.4 is 5.32 Å². The lowest BCUT2D eigenvalue weighted by molar-refractivity contribution is 0.104. The predicted molar refractivity (Wildman–Crippen MR) is 108 cm³/mol. The van der Waals surface area contributed by atoms with E-state index in [0.717, 1.165) is 65.2 Å². The van der Waals surface area contributed by atoms with Gasteiger partial charge in [-0.1, -0.05) is 38.1 Å². The zero-order valence-corrected chi connectivity index (χ0v) is 15.8. The van der Waals surface area contributed by atoms with Crippen molar-refractivity contribution >= 4 is 34.8 Å². The van der Waals surface area contributed by atoms with Gasteiger partial charge in [0.1, 0.15) is 5.69 Å². The van der Waals surface area contributed by atoms with Crippen LogP contribution in [0.4, 0.5) is 5.69 Å². The Morgan fingerprint density at radius 1 is 1.08 bits per heavy atom. The first-order valence-corrected chi connectivity index (χ1v) is 8.86. The molecule has 0 saturated heterocycles. The third kappa shape index (κ3) is 2.87. The molecular formula is C20H23ClN4O. The SMILES string of the molecule is CCN(CC)CCNc1ccc2[nH]nc3c2c1C(=O)c1ccccc1-3.Cl. The molecule has 0 radical (unpaired) electrons. The van der Waals surface area contributed by atoms with Gasteiger partial charge in [0.05, 0.1) is 11.1 Å². The van der Waals surface area contributed by atoms with Crippen LogP contribution in [0.5, 0.6) is 0 Å². The highest BCUT2D eigenvalue weighted by Gasteiger charge is 2.29. The number of H-pyrrole nitrogens is 1. The lowest BCUT2D eigenvalue weighted by Crippen LogP contribution is -2.29. The van der Waals surface area contributed by atoms with Gasteiger partial charge in [0.2, 0.25) is 0 Å². The average molecular weight is 371 g/mol. The maximum absolute atomic E-state index is 13.1. The molecular weight excluding hydrogens is 348 g/mol. The number of likely N-dealkylation sites (N-methyl/N-ethyl adjacent to an activating group) is 1. The molecule has 26 heavy (non-hydrogen) atoms. The number of benzene rings is 2. The van der Waals surface area contributed by atoms with E-state index in [1.807, 2.05) is 36.4 Å². The van der Waals surface area contributed by atoms with Crippen LogP contribution in [0.2, 0.25) is 0 Å². The number of ketones is 1. The van der Waals surface area contributed by atoms with Gasteiger partial charge < -0.3 is 10.2 Å². The molecule has 1 aromatic heterocycles. The second-order valence-corrected chi connectivity index (χ2v) is 6.31. The lowest BCUT2D eigenvalue weighted by Gasteiger charge is -2.21. The van der Waals surface area contributed by atoms with Gasteiger partial charge in [0.15, 0.2) is 5.78 Å². The monoisotopic (exact) mass is 370 g/mol. The number of aromatic amines is 1. The summed E-state index contributed by atoms with van der Waals surface area (Å²) in [7, 11) is 0. The van der Waals surface area contributed by atoms with Gasteiger partial charge >= 0.3 is 0 Å². The molecule has 4 rings (SSSR count). The third-order valence-corrected chi connectivity index (χ3v) is 5.02. The van der Waals surface area contributed by atoms with Gasteiger partial charge in [-0.2, -0.15) is 5.10 Å². The molecule has 0 fully saturated rings. The fraction of sp³-hybridized carbons (Fsp3) is 0.300. The highest BCUT2D eigenvalue weighted by molar-refractivity contribution is 6.27. The molecule has 0 bridgehead atoms. The molecule has 0 saturated carbocycles. The summed E-state index contributed by atoms with van der Waals surface area (Å²) in [5, 5.41) is 11.9.